The Bertz CT molecular complexity index is 818. The van der Waals surface area contributed by atoms with Crippen molar-refractivity contribution in [2.24, 2.45) is 4.99 Å². The Balaban J connectivity index is 1.88. The Morgan fingerprint density at radius 1 is 1.37 bits per heavy atom. The minimum Gasteiger partial charge on any atom is -0.362 e. The maximum atomic E-state index is 12.5. The summed E-state index contributed by atoms with van der Waals surface area (Å²) < 4.78 is 12.5. The average Bonchev–Trinajstić information content (AvgIpc) is 2.96. The first kappa shape index (κ1) is 19.5. The van der Waals surface area contributed by atoms with Gasteiger partial charge in [0.15, 0.2) is 6.19 Å². The summed E-state index contributed by atoms with van der Waals surface area (Å²) in [6.07, 6.45) is 5.67. The number of hydrogen-bond acceptors (Lipinski definition) is 6. The van der Waals surface area contributed by atoms with Crippen molar-refractivity contribution >= 4 is 22.6 Å². The van der Waals surface area contributed by atoms with Crippen molar-refractivity contribution < 1.29 is 4.21 Å². The molecule has 1 atom stereocenters. The Hall–Kier alpha value is -2.21. The van der Waals surface area contributed by atoms with Gasteiger partial charge < -0.3 is 10.6 Å². The van der Waals surface area contributed by atoms with Gasteiger partial charge in [-0.05, 0) is 19.3 Å². The molecule has 2 aliphatic rings. The molecule has 3 N–H and O–H groups in total. The SMILES string of the molecule is CN=C(NC#N)NCC1(Nc2nc(C(C)(C)C)nc3c2S(=O)CC3)CCC1. The number of fused-ring (bicyclic) bond motifs is 1. The smallest absolute Gasteiger partial charge is 0.204 e. The van der Waals surface area contributed by atoms with Gasteiger partial charge in [0.1, 0.15) is 16.5 Å². The number of nitriles is 1. The highest BCUT2D eigenvalue weighted by Crippen LogP contribution is 2.38. The zero-order chi connectivity index (χ0) is 19.7. The second kappa shape index (κ2) is 7.43. The number of guanidine groups is 1. The summed E-state index contributed by atoms with van der Waals surface area (Å²) in [5, 5.41) is 18.1. The van der Waals surface area contributed by atoms with E-state index in [0.29, 0.717) is 24.1 Å². The zero-order valence-electron chi connectivity index (χ0n) is 16.3. The molecule has 1 aromatic heterocycles. The van der Waals surface area contributed by atoms with Crippen molar-refractivity contribution in [1.29, 1.82) is 5.26 Å². The molecule has 9 heteroatoms. The predicted octanol–water partition coefficient (Wildman–Crippen LogP) is 1.42. The van der Waals surface area contributed by atoms with Gasteiger partial charge in [0.05, 0.1) is 22.0 Å². The van der Waals surface area contributed by atoms with Crippen molar-refractivity contribution in [3.63, 3.8) is 0 Å². The fourth-order valence-electron chi connectivity index (χ4n) is 3.30. The average molecular weight is 390 g/mol. The lowest BCUT2D eigenvalue weighted by atomic mass is 9.76. The Morgan fingerprint density at radius 2 is 2.11 bits per heavy atom. The Kier molecular flexibility index (Phi) is 5.38. The second-order valence-electron chi connectivity index (χ2n) is 8.14. The van der Waals surface area contributed by atoms with Crippen LogP contribution in [0.2, 0.25) is 0 Å². The van der Waals surface area contributed by atoms with Crippen LogP contribution >= 0.6 is 0 Å². The molecule has 27 heavy (non-hydrogen) atoms. The van der Waals surface area contributed by atoms with Crippen LogP contribution in [0.5, 0.6) is 0 Å². The molecule has 1 aliphatic heterocycles. The second-order valence-corrected chi connectivity index (χ2v) is 9.65. The standard InChI is InChI=1S/C18H27N7OS/c1-17(2,3)15-23-12-6-9-27(26)13(12)14(24-15)25-18(7-5-8-18)10-21-16(20-4)22-11-19/h5-10H2,1-4H3,(H2,20,21,22)(H,23,24,25). The summed E-state index contributed by atoms with van der Waals surface area (Å²) in [5.74, 6) is 2.52. The van der Waals surface area contributed by atoms with Gasteiger partial charge in [-0.2, -0.15) is 5.26 Å². The minimum absolute atomic E-state index is 0.181. The van der Waals surface area contributed by atoms with E-state index in [1.165, 1.54) is 0 Å². The van der Waals surface area contributed by atoms with Crippen molar-refractivity contribution in [3.05, 3.63) is 11.5 Å². The summed E-state index contributed by atoms with van der Waals surface area (Å²) >= 11 is 0. The van der Waals surface area contributed by atoms with Crippen LogP contribution in [0, 0.1) is 11.5 Å². The summed E-state index contributed by atoms with van der Waals surface area (Å²) in [6, 6.07) is 0. The van der Waals surface area contributed by atoms with Gasteiger partial charge >= 0.3 is 0 Å². The Labute approximate surface area is 162 Å². The van der Waals surface area contributed by atoms with E-state index in [1.54, 1.807) is 7.05 Å². The first-order chi connectivity index (χ1) is 12.8. The molecule has 0 amide bonds. The maximum Gasteiger partial charge on any atom is 0.204 e. The monoisotopic (exact) mass is 389 g/mol. The summed E-state index contributed by atoms with van der Waals surface area (Å²) in [6.45, 7) is 6.86. The van der Waals surface area contributed by atoms with Crippen molar-refractivity contribution in [3.8, 4) is 6.19 Å². The van der Waals surface area contributed by atoms with Gasteiger partial charge in [-0.25, -0.2) is 9.97 Å². The number of nitrogens with one attached hydrogen (secondary N) is 3. The molecule has 1 saturated carbocycles. The van der Waals surface area contributed by atoms with Gasteiger partial charge in [-0.1, -0.05) is 20.8 Å². The largest absolute Gasteiger partial charge is 0.362 e. The zero-order valence-corrected chi connectivity index (χ0v) is 17.2. The lowest BCUT2D eigenvalue weighted by molar-refractivity contribution is 0.276. The van der Waals surface area contributed by atoms with Crippen LogP contribution in [0.4, 0.5) is 5.82 Å². The van der Waals surface area contributed by atoms with E-state index < -0.39 is 10.8 Å². The van der Waals surface area contributed by atoms with E-state index in [9.17, 15) is 4.21 Å². The van der Waals surface area contributed by atoms with E-state index in [-0.39, 0.29) is 11.0 Å². The van der Waals surface area contributed by atoms with Crippen LogP contribution in [0.25, 0.3) is 0 Å². The van der Waals surface area contributed by atoms with Crippen LogP contribution in [-0.2, 0) is 22.6 Å². The highest BCUT2D eigenvalue weighted by molar-refractivity contribution is 7.85. The first-order valence-electron chi connectivity index (χ1n) is 9.22. The van der Waals surface area contributed by atoms with Gasteiger partial charge in [0, 0.05) is 31.2 Å². The first-order valence-corrected chi connectivity index (χ1v) is 10.5. The summed E-state index contributed by atoms with van der Waals surface area (Å²) in [4.78, 5) is 14.3. The van der Waals surface area contributed by atoms with Crippen LogP contribution in [0.3, 0.4) is 0 Å². The molecule has 0 aromatic carbocycles. The van der Waals surface area contributed by atoms with E-state index >= 15 is 0 Å². The predicted molar refractivity (Wildman–Crippen MR) is 106 cm³/mol. The molecule has 0 saturated heterocycles. The van der Waals surface area contributed by atoms with E-state index in [1.807, 2.05) is 6.19 Å². The third-order valence-corrected chi connectivity index (χ3v) is 6.50. The molecule has 3 rings (SSSR count). The topological polar surface area (TPSA) is 115 Å². The highest BCUT2D eigenvalue weighted by Gasteiger charge is 2.40. The minimum atomic E-state index is -1.06. The molecule has 1 unspecified atom stereocenters. The van der Waals surface area contributed by atoms with Gasteiger partial charge in [-0.15, -0.1) is 0 Å². The van der Waals surface area contributed by atoms with Crippen LogP contribution < -0.4 is 16.0 Å². The fraction of sp³-hybridized carbons (Fsp3) is 0.667. The molecular weight excluding hydrogens is 362 g/mol. The summed E-state index contributed by atoms with van der Waals surface area (Å²) in [5.41, 5.74) is 0.524. The number of nitrogens with zero attached hydrogens (tertiary/aromatic N) is 4. The molecule has 0 spiro atoms. The van der Waals surface area contributed by atoms with Crippen LogP contribution in [0.15, 0.2) is 9.89 Å². The fourth-order valence-corrected chi connectivity index (χ4v) is 4.61. The normalized spacial score (nSPS) is 21.0. The third kappa shape index (κ3) is 4.05. The molecule has 0 radical (unpaired) electrons. The Morgan fingerprint density at radius 3 is 2.67 bits per heavy atom. The molecule has 1 fully saturated rings. The van der Waals surface area contributed by atoms with Crippen molar-refractivity contribution in [1.82, 2.24) is 20.6 Å². The number of aliphatic imine (C=N–C) groups is 1. The number of hydrogen-bond donors (Lipinski definition) is 3. The highest BCUT2D eigenvalue weighted by atomic mass is 32.2. The molecule has 8 nitrogen and oxygen atoms in total. The van der Waals surface area contributed by atoms with E-state index in [2.05, 4.69) is 41.7 Å². The van der Waals surface area contributed by atoms with E-state index in [0.717, 1.165) is 42.1 Å². The molecule has 1 aromatic rings. The van der Waals surface area contributed by atoms with Crippen molar-refractivity contribution in [2.75, 3.05) is 24.7 Å². The van der Waals surface area contributed by atoms with Gasteiger partial charge in [-0.3, -0.25) is 14.5 Å². The molecule has 146 valence electrons. The number of aromatic nitrogens is 2. The molecule has 1 aliphatic carbocycles. The molecule has 2 heterocycles. The lowest BCUT2D eigenvalue weighted by Gasteiger charge is -2.43. The number of anilines is 1. The summed E-state index contributed by atoms with van der Waals surface area (Å²) in [7, 11) is 0.567. The van der Waals surface area contributed by atoms with Gasteiger partial charge in [0.2, 0.25) is 5.96 Å². The molecule has 0 bridgehead atoms. The van der Waals surface area contributed by atoms with E-state index in [4.69, 9.17) is 15.2 Å². The van der Waals surface area contributed by atoms with Crippen molar-refractivity contribution in [2.45, 2.75) is 62.3 Å². The molecular formula is C18H27N7OS. The number of rotatable bonds is 4. The van der Waals surface area contributed by atoms with Gasteiger partial charge in [0.25, 0.3) is 0 Å². The lowest BCUT2D eigenvalue weighted by Crippen LogP contribution is -2.55. The quantitative estimate of drug-likeness (QED) is 0.309. The van der Waals surface area contributed by atoms with Crippen LogP contribution in [0.1, 0.15) is 51.6 Å². The third-order valence-electron chi connectivity index (χ3n) is 5.04. The number of aryl methyl sites for hydroxylation is 1. The maximum absolute atomic E-state index is 12.5. The van der Waals surface area contributed by atoms with Crippen LogP contribution in [-0.4, -0.2) is 45.0 Å².